The first-order chi connectivity index (χ1) is 16.5. The van der Waals surface area contributed by atoms with Crippen molar-refractivity contribution in [2.75, 3.05) is 19.0 Å². The number of amides is 1. The van der Waals surface area contributed by atoms with Crippen molar-refractivity contribution in [3.63, 3.8) is 0 Å². The summed E-state index contributed by atoms with van der Waals surface area (Å²) in [5, 5.41) is 13.7. The third-order valence-corrected chi connectivity index (χ3v) is 6.34. The average Bonchev–Trinajstić information content (AvgIpc) is 3.40. The summed E-state index contributed by atoms with van der Waals surface area (Å²) in [5.41, 5.74) is 2.17. The third-order valence-electron chi connectivity index (χ3n) is 4.85. The van der Waals surface area contributed by atoms with Gasteiger partial charge in [0.05, 0.1) is 12.8 Å². The van der Waals surface area contributed by atoms with Gasteiger partial charge in [-0.05, 0) is 65.0 Å². The van der Waals surface area contributed by atoms with E-state index in [1.807, 2.05) is 12.1 Å². The summed E-state index contributed by atoms with van der Waals surface area (Å²) in [6.07, 6.45) is 3.52. The van der Waals surface area contributed by atoms with Crippen molar-refractivity contribution in [1.29, 1.82) is 0 Å². The van der Waals surface area contributed by atoms with E-state index in [1.165, 1.54) is 36.3 Å². The largest absolute Gasteiger partial charge is 0.495 e. The highest BCUT2D eigenvalue weighted by Crippen LogP contribution is 2.25. The first-order valence-corrected chi connectivity index (χ1v) is 11.7. The van der Waals surface area contributed by atoms with Crippen molar-refractivity contribution in [1.82, 2.24) is 29.9 Å². The Bertz CT molecular complexity index is 1360. The summed E-state index contributed by atoms with van der Waals surface area (Å²) in [6.45, 7) is 0.145. The number of nitrogens with one attached hydrogen (secondary N) is 2. The van der Waals surface area contributed by atoms with E-state index in [-0.39, 0.29) is 22.8 Å². The molecule has 2 aromatic carbocycles. The number of ether oxygens (including phenoxy) is 1. The van der Waals surface area contributed by atoms with Crippen LogP contribution >= 0.6 is 0 Å². The van der Waals surface area contributed by atoms with Crippen LogP contribution in [-0.2, 0) is 16.4 Å². The first-order valence-electron chi connectivity index (χ1n) is 10.2. The zero-order valence-corrected chi connectivity index (χ0v) is 18.9. The van der Waals surface area contributed by atoms with Crippen molar-refractivity contribution >= 4 is 21.6 Å². The van der Waals surface area contributed by atoms with E-state index >= 15 is 0 Å². The molecule has 0 aliphatic heterocycles. The molecule has 4 rings (SSSR count). The van der Waals surface area contributed by atoms with Gasteiger partial charge in [0, 0.05) is 36.1 Å². The number of benzene rings is 2. The minimum atomic E-state index is -3.94. The lowest BCUT2D eigenvalue weighted by Gasteiger charge is -2.13. The predicted molar refractivity (Wildman–Crippen MR) is 123 cm³/mol. The molecule has 0 bridgehead atoms. The van der Waals surface area contributed by atoms with Crippen LogP contribution in [0.5, 0.6) is 5.75 Å². The molecule has 0 atom stereocenters. The van der Waals surface area contributed by atoms with E-state index in [4.69, 9.17) is 4.74 Å². The van der Waals surface area contributed by atoms with Crippen LogP contribution in [-0.4, -0.2) is 53.2 Å². The van der Waals surface area contributed by atoms with Crippen LogP contribution in [0.1, 0.15) is 16.1 Å². The molecule has 0 spiro atoms. The second kappa shape index (κ2) is 10.2. The number of pyridine rings is 1. The predicted octanol–water partition coefficient (Wildman–Crippen LogP) is 1.84. The van der Waals surface area contributed by atoms with E-state index in [0.29, 0.717) is 12.1 Å². The monoisotopic (exact) mass is 479 g/mol. The maximum Gasteiger partial charge on any atom is 0.255 e. The van der Waals surface area contributed by atoms with Crippen LogP contribution in [0, 0.1) is 0 Å². The molecule has 0 radical (unpaired) electrons. The van der Waals surface area contributed by atoms with Gasteiger partial charge in [-0.2, -0.15) is 0 Å². The number of carbonyl (C=O) groups is 1. The molecule has 12 heteroatoms. The average molecular weight is 480 g/mol. The molecule has 0 saturated carbocycles. The summed E-state index contributed by atoms with van der Waals surface area (Å²) in [5.74, 6) is -0.338. The molecule has 11 nitrogen and oxygen atoms in total. The van der Waals surface area contributed by atoms with Crippen LogP contribution in [0.3, 0.4) is 0 Å². The van der Waals surface area contributed by atoms with Gasteiger partial charge in [-0.15, -0.1) is 5.10 Å². The number of rotatable bonds is 9. The van der Waals surface area contributed by atoms with Gasteiger partial charge in [0.25, 0.3) is 5.91 Å². The molecule has 2 aromatic heterocycles. The fraction of sp³-hybridized carbons (Fsp3) is 0.136. The van der Waals surface area contributed by atoms with Crippen LogP contribution in [0.2, 0.25) is 0 Å². The van der Waals surface area contributed by atoms with E-state index < -0.39 is 15.9 Å². The molecule has 34 heavy (non-hydrogen) atoms. The van der Waals surface area contributed by atoms with Gasteiger partial charge in [-0.25, -0.2) is 17.8 Å². The molecule has 0 unspecified atom stereocenters. The molecular weight excluding hydrogens is 458 g/mol. The Kier molecular flexibility index (Phi) is 6.90. The van der Waals surface area contributed by atoms with Crippen LogP contribution in [0.25, 0.3) is 5.69 Å². The molecule has 174 valence electrons. The van der Waals surface area contributed by atoms with Crippen molar-refractivity contribution in [2.24, 2.45) is 0 Å². The van der Waals surface area contributed by atoms with Gasteiger partial charge in [0.1, 0.15) is 17.0 Å². The Labute approximate surface area is 195 Å². The summed E-state index contributed by atoms with van der Waals surface area (Å²) in [4.78, 5) is 16.8. The smallest absolute Gasteiger partial charge is 0.255 e. The number of hydrogen-bond acceptors (Lipinski definition) is 8. The summed E-state index contributed by atoms with van der Waals surface area (Å²) >= 11 is 0. The molecule has 2 heterocycles. The molecule has 0 saturated heterocycles. The fourth-order valence-electron chi connectivity index (χ4n) is 3.15. The lowest BCUT2D eigenvalue weighted by atomic mass is 10.2. The van der Waals surface area contributed by atoms with Gasteiger partial charge < -0.3 is 10.1 Å². The summed E-state index contributed by atoms with van der Waals surface area (Å²) < 4.78 is 35.1. The van der Waals surface area contributed by atoms with E-state index in [0.717, 1.165) is 11.4 Å². The first kappa shape index (κ1) is 23.0. The zero-order chi connectivity index (χ0) is 24.0. The minimum absolute atomic E-state index is 0.127. The van der Waals surface area contributed by atoms with Crippen LogP contribution < -0.4 is 14.8 Å². The lowest BCUT2D eigenvalue weighted by Crippen LogP contribution is -2.27. The van der Waals surface area contributed by atoms with E-state index in [1.54, 1.807) is 36.5 Å². The number of carbonyl (C=O) groups excluding carboxylic acids is 1. The Morgan fingerprint density at radius 2 is 1.91 bits per heavy atom. The lowest BCUT2D eigenvalue weighted by molar-refractivity contribution is 0.102. The highest BCUT2D eigenvalue weighted by molar-refractivity contribution is 7.89. The van der Waals surface area contributed by atoms with Crippen molar-refractivity contribution in [3.8, 4) is 11.4 Å². The number of hydrogen-bond donors (Lipinski definition) is 2. The topological polar surface area (TPSA) is 141 Å². The van der Waals surface area contributed by atoms with Gasteiger partial charge in [-0.1, -0.05) is 6.07 Å². The van der Waals surface area contributed by atoms with Gasteiger partial charge in [-0.3, -0.25) is 9.78 Å². The Balaban J connectivity index is 1.48. The zero-order valence-electron chi connectivity index (χ0n) is 18.1. The van der Waals surface area contributed by atoms with Gasteiger partial charge in [0.2, 0.25) is 10.0 Å². The van der Waals surface area contributed by atoms with Crippen LogP contribution in [0.15, 0.2) is 78.1 Å². The maximum absolute atomic E-state index is 12.9. The standard InChI is InChI=1S/C22H21N7O4S/c1-33-20-10-5-16(14-21(20)34(31,32)25-13-11-17-4-2-3-12-23-17)22(30)26-18-6-8-19(9-7-18)29-15-24-27-28-29/h2-10,12,14-15,25H,11,13H2,1H3,(H,26,30). The SMILES string of the molecule is COc1ccc(C(=O)Nc2ccc(-n3cnnn3)cc2)cc1S(=O)(=O)NCCc1ccccn1. The number of anilines is 1. The second-order valence-electron chi connectivity index (χ2n) is 7.09. The second-order valence-corrected chi connectivity index (χ2v) is 8.83. The quantitative estimate of drug-likeness (QED) is 0.370. The highest BCUT2D eigenvalue weighted by atomic mass is 32.2. The molecule has 0 fully saturated rings. The summed E-state index contributed by atoms with van der Waals surface area (Å²) in [6, 6.07) is 16.5. The number of sulfonamides is 1. The third kappa shape index (κ3) is 5.42. The molecular formula is C22H21N7O4S. The maximum atomic E-state index is 12.9. The molecule has 4 aromatic rings. The van der Waals surface area contributed by atoms with Crippen molar-refractivity contribution < 1.29 is 17.9 Å². The Hall–Kier alpha value is -4.16. The van der Waals surface area contributed by atoms with Gasteiger partial charge >= 0.3 is 0 Å². The van der Waals surface area contributed by atoms with Crippen molar-refractivity contribution in [2.45, 2.75) is 11.3 Å². The number of aromatic nitrogens is 5. The Morgan fingerprint density at radius 3 is 2.59 bits per heavy atom. The molecule has 1 amide bonds. The summed E-state index contributed by atoms with van der Waals surface area (Å²) in [7, 11) is -2.57. The fourth-order valence-corrected chi connectivity index (χ4v) is 4.37. The highest BCUT2D eigenvalue weighted by Gasteiger charge is 2.21. The Morgan fingerprint density at radius 1 is 1.09 bits per heavy atom. The minimum Gasteiger partial charge on any atom is -0.495 e. The number of methoxy groups -OCH3 is 1. The molecule has 2 N–H and O–H groups in total. The van der Waals surface area contributed by atoms with Crippen molar-refractivity contribution in [3.05, 3.63) is 84.4 Å². The van der Waals surface area contributed by atoms with Crippen LogP contribution in [0.4, 0.5) is 5.69 Å². The normalized spacial score (nSPS) is 11.2. The van der Waals surface area contributed by atoms with Gasteiger partial charge in [0.15, 0.2) is 0 Å². The van der Waals surface area contributed by atoms with E-state index in [2.05, 4.69) is 30.5 Å². The van der Waals surface area contributed by atoms with E-state index in [9.17, 15) is 13.2 Å². The number of nitrogens with zero attached hydrogens (tertiary/aromatic N) is 5. The number of tetrazole rings is 1. The molecule has 0 aliphatic rings. The molecule has 0 aliphatic carbocycles.